The van der Waals surface area contributed by atoms with Crippen LogP contribution in [0, 0.1) is 6.92 Å². The van der Waals surface area contributed by atoms with Gasteiger partial charge in [0.05, 0.1) is 23.0 Å². The van der Waals surface area contributed by atoms with Gasteiger partial charge in [-0.3, -0.25) is 4.68 Å². The molecule has 0 fully saturated rings. The van der Waals surface area contributed by atoms with Gasteiger partial charge in [0.15, 0.2) is 0 Å². The average Bonchev–Trinajstić information content (AvgIpc) is 2.77. The van der Waals surface area contributed by atoms with E-state index in [1.54, 1.807) is 6.20 Å². The molecular formula is C16H22ClN3. The fourth-order valence-corrected chi connectivity index (χ4v) is 2.65. The van der Waals surface area contributed by atoms with Crippen molar-refractivity contribution in [3.05, 3.63) is 52.3 Å². The minimum absolute atomic E-state index is 0.192. The molecule has 0 saturated carbocycles. The van der Waals surface area contributed by atoms with Crippen molar-refractivity contribution < 1.29 is 0 Å². The Balaban J connectivity index is 2.21. The molecule has 2 rings (SSSR count). The normalized spacial score (nSPS) is 12.6. The summed E-state index contributed by atoms with van der Waals surface area (Å²) in [4.78, 5) is 0. The van der Waals surface area contributed by atoms with Crippen molar-refractivity contribution in [2.45, 2.75) is 32.7 Å². The van der Waals surface area contributed by atoms with E-state index < -0.39 is 0 Å². The molecule has 0 aliphatic heterocycles. The standard InChI is InChI=1S/C16H22ClN3/c1-4-9-18-15(16-14(17)11-19-20(16)3)10-13-7-5-12(2)6-8-13/h5-8,11,15,18H,4,9-10H2,1-3H3. The zero-order valence-corrected chi connectivity index (χ0v) is 13.1. The molecule has 0 saturated heterocycles. The molecule has 1 aromatic heterocycles. The maximum Gasteiger partial charge on any atom is 0.0834 e. The fraction of sp³-hybridized carbons (Fsp3) is 0.438. The highest BCUT2D eigenvalue weighted by Gasteiger charge is 2.18. The summed E-state index contributed by atoms with van der Waals surface area (Å²) in [5.41, 5.74) is 3.65. The molecule has 108 valence electrons. The van der Waals surface area contributed by atoms with Crippen LogP contribution < -0.4 is 5.32 Å². The van der Waals surface area contributed by atoms with E-state index in [2.05, 4.69) is 48.5 Å². The van der Waals surface area contributed by atoms with E-state index in [0.717, 1.165) is 30.1 Å². The van der Waals surface area contributed by atoms with Gasteiger partial charge in [-0.1, -0.05) is 48.4 Å². The monoisotopic (exact) mass is 291 g/mol. The van der Waals surface area contributed by atoms with Crippen molar-refractivity contribution in [2.24, 2.45) is 7.05 Å². The van der Waals surface area contributed by atoms with Gasteiger partial charge in [0.2, 0.25) is 0 Å². The first-order valence-electron chi connectivity index (χ1n) is 7.08. The molecule has 3 nitrogen and oxygen atoms in total. The van der Waals surface area contributed by atoms with E-state index >= 15 is 0 Å². The van der Waals surface area contributed by atoms with Gasteiger partial charge in [-0.15, -0.1) is 0 Å². The lowest BCUT2D eigenvalue weighted by Crippen LogP contribution is -2.26. The maximum absolute atomic E-state index is 6.29. The predicted octanol–water partition coefficient (Wildman–Crippen LogP) is 3.67. The van der Waals surface area contributed by atoms with Crippen LogP contribution in [-0.2, 0) is 13.5 Å². The summed E-state index contributed by atoms with van der Waals surface area (Å²) in [6.45, 7) is 5.24. The molecule has 20 heavy (non-hydrogen) atoms. The lowest BCUT2D eigenvalue weighted by atomic mass is 10.0. The summed E-state index contributed by atoms with van der Waals surface area (Å²) in [6.07, 6.45) is 3.73. The summed E-state index contributed by atoms with van der Waals surface area (Å²) >= 11 is 6.29. The Labute approximate surface area is 126 Å². The Morgan fingerprint density at radius 1 is 1.30 bits per heavy atom. The van der Waals surface area contributed by atoms with E-state index in [1.165, 1.54) is 11.1 Å². The van der Waals surface area contributed by atoms with Crippen LogP contribution in [0.4, 0.5) is 0 Å². The summed E-state index contributed by atoms with van der Waals surface area (Å²) in [5, 5.41) is 8.55. The number of hydrogen-bond donors (Lipinski definition) is 1. The number of benzene rings is 1. The number of rotatable bonds is 6. The zero-order chi connectivity index (χ0) is 14.5. The van der Waals surface area contributed by atoms with Crippen LogP contribution >= 0.6 is 11.6 Å². The third kappa shape index (κ3) is 3.62. The van der Waals surface area contributed by atoms with Crippen LogP contribution in [0.5, 0.6) is 0 Å². The third-order valence-electron chi connectivity index (χ3n) is 3.47. The van der Waals surface area contributed by atoms with Crippen LogP contribution in [0.15, 0.2) is 30.5 Å². The molecule has 1 heterocycles. The van der Waals surface area contributed by atoms with Crippen molar-refractivity contribution in [3.8, 4) is 0 Å². The van der Waals surface area contributed by atoms with E-state index in [0.29, 0.717) is 0 Å². The van der Waals surface area contributed by atoms with Crippen molar-refractivity contribution in [1.29, 1.82) is 0 Å². The molecule has 1 unspecified atom stereocenters. The van der Waals surface area contributed by atoms with Gasteiger partial charge in [0, 0.05) is 7.05 Å². The fourth-order valence-electron chi connectivity index (χ4n) is 2.36. The van der Waals surface area contributed by atoms with Crippen LogP contribution in [-0.4, -0.2) is 16.3 Å². The first-order chi connectivity index (χ1) is 9.61. The quantitative estimate of drug-likeness (QED) is 0.880. The highest BCUT2D eigenvalue weighted by Crippen LogP contribution is 2.25. The first-order valence-corrected chi connectivity index (χ1v) is 7.46. The number of nitrogens with one attached hydrogen (secondary N) is 1. The number of aromatic nitrogens is 2. The highest BCUT2D eigenvalue weighted by atomic mass is 35.5. The summed E-state index contributed by atoms with van der Waals surface area (Å²) in [6, 6.07) is 8.85. The maximum atomic E-state index is 6.29. The van der Waals surface area contributed by atoms with Crippen molar-refractivity contribution in [2.75, 3.05) is 6.54 Å². The molecule has 0 aliphatic rings. The summed E-state index contributed by atoms with van der Waals surface area (Å²) in [5.74, 6) is 0. The van der Waals surface area contributed by atoms with Crippen LogP contribution in [0.3, 0.4) is 0 Å². The lowest BCUT2D eigenvalue weighted by molar-refractivity contribution is 0.493. The molecule has 0 bridgehead atoms. The molecule has 4 heteroatoms. The molecule has 2 aromatic rings. The summed E-state index contributed by atoms with van der Waals surface area (Å²) < 4.78 is 1.86. The Morgan fingerprint density at radius 3 is 2.55 bits per heavy atom. The van der Waals surface area contributed by atoms with Crippen LogP contribution in [0.1, 0.15) is 36.2 Å². The second-order valence-electron chi connectivity index (χ2n) is 5.20. The largest absolute Gasteiger partial charge is 0.308 e. The van der Waals surface area contributed by atoms with E-state index in [4.69, 9.17) is 11.6 Å². The Hall–Kier alpha value is -1.32. The van der Waals surface area contributed by atoms with Gasteiger partial charge in [0.25, 0.3) is 0 Å². The van der Waals surface area contributed by atoms with E-state index in [9.17, 15) is 0 Å². The zero-order valence-electron chi connectivity index (χ0n) is 12.4. The third-order valence-corrected chi connectivity index (χ3v) is 3.76. The molecule has 1 N–H and O–H groups in total. The topological polar surface area (TPSA) is 29.9 Å². The Kier molecular flexibility index (Phi) is 5.21. The van der Waals surface area contributed by atoms with Gasteiger partial charge in [-0.25, -0.2) is 0 Å². The molecule has 0 radical (unpaired) electrons. The van der Waals surface area contributed by atoms with E-state index in [-0.39, 0.29) is 6.04 Å². The number of nitrogens with zero attached hydrogens (tertiary/aromatic N) is 2. The molecule has 1 aromatic carbocycles. The van der Waals surface area contributed by atoms with Crippen molar-refractivity contribution in [3.63, 3.8) is 0 Å². The molecule has 1 atom stereocenters. The Morgan fingerprint density at radius 2 is 2.00 bits per heavy atom. The Bertz CT molecular complexity index is 526. The second kappa shape index (κ2) is 6.91. The van der Waals surface area contributed by atoms with E-state index in [1.807, 2.05) is 11.7 Å². The summed E-state index contributed by atoms with van der Waals surface area (Å²) in [7, 11) is 1.94. The van der Waals surface area contributed by atoms with Gasteiger partial charge >= 0.3 is 0 Å². The van der Waals surface area contributed by atoms with Gasteiger partial charge < -0.3 is 5.32 Å². The number of aryl methyl sites for hydroxylation is 2. The smallest absolute Gasteiger partial charge is 0.0834 e. The minimum atomic E-state index is 0.192. The number of halogens is 1. The minimum Gasteiger partial charge on any atom is -0.308 e. The SMILES string of the molecule is CCCNC(Cc1ccc(C)cc1)c1c(Cl)cnn1C. The number of hydrogen-bond acceptors (Lipinski definition) is 2. The second-order valence-corrected chi connectivity index (χ2v) is 5.60. The van der Waals surface area contributed by atoms with Gasteiger partial charge in [-0.2, -0.15) is 5.10 Å². The predicted molar refractivity (Wildman–Crippen MR) is 84.1 cm³/mol. The molecular weight excluding hydrogens is 270 g/mol. The average molecular weight is 292 g/mol. The highest BCUT2D eigenvalue weighted by molar-refractivity contribution is 6.31. The molecule has 0 spiro atoms. The first kappa shape index (κ1) is 15.1. The van der Waals surface area contributed by atoms with Crippen molar-refractivity contribution >= 4 is 11.6 Å². The van der Waals surface area contributed by atoms with Crippen molar-refractivity contribution in [1.82, 2.24) is 15.1 Å². The van der Waals surface area contributed by atoms with Gasteiger partial charge in [0.1, 0.15) is 0 Å². The molecule has 0 aliphatic carbocycles. The van der Waals surface area contributed by atoms with Crippen LogP contribution in [0.2, 0.25) is 5.02 Å². The lowest BCUT2D eigenvalue weighted by Gasteiger charge is -2.19. The van der Waals surface area contributed by atoms with Crippen LogP contribution in [0.25, 0.3) is 0 Å². The molecule has 0 amide bonds. The van der Waals surface area contributed by atoms with Gasteiger partial charge in [-0.05, 0) is 31.9 Å².